The number of carbonyl (C=O) groups is 1. The number of aromatic nitrogens is 2. The molecule has 0 radical (unpaired) electrons. The summed E-state index contributed by atoms with van der Waals surface area (Å²) < 4.78 is 24.2. The van der Waals surface area contributed by atoms with E-state index in [-0.39, 0.29) is 18.4 Å². The van der Waals surface area contributed by atoms with Crippen molar-refractivity contribution in [3.8, 4) is 0 Å². The lowest BCUT2D eigenvalue weighted by molar-refractivity contribution is -0.117. The quantitative estimate of drug-likeness (QED) is 0.765. The van der Waals surface area contributed by atoms with Crippen molar-refractivity contribution >= 4 is 21.9 Å². The molecule has 0 aromatic carbocycles. The van der Waals surface area contributed by atoms with Gasteiger partial charge in [-0.05, 0) is 6.07 Å². The second-order valence-corrected chi connectivity index (χ2v) is 6.54. The molecule has 1 N–H and O–H groups in total. The first kappa shape index (κ1) is 14.8. The number of nitrogens with one attached hydrogen (secondary N) is 1. The van der Waals surface area contributed by atoms with E-state index in [1.165, 1.54) is 10.6 Å². The van der Waals surface area contributed by atoms with E-state index < -0.39 is 10.0 Å². The molecular weight excluding hydrogens is 282 g/mol. The number of hydrogen-bond acceptors (Lipinski definition) is 6. The summed E-state index contributed by atoms with van der Waals surface area (Å²) in [5, 5.41) is 2.60. The van der Waals surface area contributed by atoms with E-state index in [9.17, 15) is 13.2 Å². The van der Waals surface area contributed by atoms with E-state index in [0.717, 1.165) is 0 Å². The van der Waals surface area contributed by atoms with E-state index in [4.69, 9.17) is 0 Å². The Balaban J connectivity index is 1.79. The van der Waals surface area contributed by atoms with Gasteiger partial charge in [-0.1, -0.05) is 0 Å². The molecule has 1 aliphatic rings. The summed E-state index contributed by atoms with van der Waals surface area (Å²) in [6.45, 7) is 2.10. The Morgan fingerprint density at radius 1 is 1.25 bits per heavy atom. The van der Waals surface area contributed by atoms with Crippen molar-refractivity contribution in [2.24, 2.45) is 0 Å². The van der Waals surface area contributed by atoms with Crippen molar-refractivity contribution in [1.29, 1.82) is 0 Å². The van der Waals surface area contributed by atoms with Crippen LogP contribution < -0.4 is 5.32 Å². The highest BCUT2D eigenvalue weighted by Gasteiger charge is 2.24. The van der Waals surface area contributed by atoms with Gasteiger partial charge in [0.05, 0.1) is 12.8 Å². The van der Waals surface area contributed by atoms with Crippen LogP contribution >= 0.6 is 0 Å². The normalized spacial score (nSPS) is 17.9. The van der Waals surface area contributed by atoms with Crippen molar-refractivity contribution in [3.05, 3.63) is 18.5 Å². The van der Waals surface area contributed by atoms with Crippen LogP contribution in [0.25, 0.3) is 0 Å². The van der Waals surface area contributed by atoms with Gasteiger partial charge in [0.2, 0.25) is 21.9 Å². The fourth-order valence-corrected chi connectivity index (χ4v) is 2.78. The Morgan fingerprint density at radius 3 is 2.40 bits per heavy atom. The summed E-state index contributed by atoms with van der Waals surface area (Å²) in [4.78, 5) is 21.5. The van der Waals surface area contributed by atoms with E-state index in [2.05, 4.69) is 15.3 Å². The number of hydrogen-bond donors (Lipinski definition) is 1. The van der Waals surface area contributed by atoms with Crippen LogP contribution in [0.5, 0.6) is 0 Å². The van der Waals surface area contributed by atoms with Crippen LogP contribution in [0.1, 0.15) is 0 Å². The van der Waals surface area contributed by atoms with Crippen molar-refractivity contribution in [1.82, 2.24) is 19.2 Å². The second-order valence-electron chi connectivity index (χ2n) is 4.56. The number of carbonyl (C=O) groups excluding carboxylic acids is 1. The predicted molar refractivity (Wildman–Crippen MR) is 73.5 cm³/mol. The zero-order valence-electron chi connectivity index (χ0n) is 11.2. The average molecular weight is 299 g/mol. The van der Waals surface area contributed by atoms with Crippen LogP contribution in [0.2, 0.25) is 0 Å². The summed E-state index contributed by atoms with van der Waals surface area (Å²) in [6.07, 6.45) is 4.29. The van der Waals surface area contributed by atoms with E-state index in [1.54, 1.807) is 18.5 Å². The highest BCUT2D eigenvalue weighted by atomic mass is 32.2. The first-order chi connectivity index (χ1) is 9.45. The molecule has 1 aromatic heterocycles. The van der Waals surface area contributed by atoms with Gasteiger partial charge in [0.25, 0.3) is 0 Å². The molecule has 0 spiro atoms. The van der Waals surface area contributed by atoms with E-state index in [0.29, 0.717) is 26.2 Å². The molecule has 1 aromatic rings. The number of amides is 1. The molecule has 1 fully saturated rings. The van der Waals surface area contributed by atoms with Crippen LogP contribution in [-0.2, 0) is 14.8 Å². The molecule has 2 heterocycles. The van der Waals surface area contributed by atoms with Gasteiger partial charge >= 0.3 is 0 Å². The molecule has 0 atom stereocenters. The number of nitrogens with zero attached hydrogens (tertiary/aromatic N) is 4. The maximum atomic E-state index is 11.8. The van der Waals surface area contributed by atoms with E-state index >= 15 is 0 Å². The molecule has 0 bridgehead atoms. The van der Waals surface area contributed by atoms with Crippen molar-refractivity contribution in [2.75, 3.05) is 44.3 Å². The Bertz CT molecular complexity index is 555. The third-order valence-electron chi connectivity index (χ3n) is 2.98. The summed E-state index contributed by atoms with van der Waals surface area (Å²) >= 11 is 0. The minimum atomic E-state index is -3.14. The first-order valence-corrected chi connectivity index (χ1v) is 8.04. The molecule has 1 aliphatic heterocycles. The maximum absolute atomic E-state index is 11.8. The summed E-state index contributed by atoms with van der Waals surface area (Å²) in [6, 6.07) is 1.67. The third kappa shape index (κ3) is 4.22. The van der Waals surface area contributed by atoms with Gasteiger partial charge in [-0.15, -0.1) is 0 Å². The van der Waals surface area contributed by atoms with Crippen LogP contribution in [0.3, 0.4) is 0 Å². The van der Waals surface area contributed by atoms with Crippen LogP contribution in [0.4, 0.5) is 5.95 Å². The molecule has 1 saturated heterocycles. The molecule has 1 amide bonds. The summed E-state index contributed by atoms with van der Waals surface area (Å²) in [5.74, 6) is 0.0660. The van der Waals surface area contributed by atoms with Gasteiger partial charge < -0.3 is 0 Å². The van der Waals surface area contributed by atoms with Crippen molar-refractivity contribution < 1.29 is 13.2 Å². The minimum absolute atomic E-state index is 0.204. The Kier molecular flexibility index (Phi) is 4.63. The smallest absolute Gasteiger partial charge is 0.240 e. The zero-order chi connectivity index (χ0) is 14.6. The highest BCUT2D eigenvalue weighted by Crippen LogP contribution is 2.06. The van der Waals surface area contributed by atoms with Gasteiger partial charge in [-0.3, -0.25) is 15.0 Å². The minimum Gasteiger partial charge on any atom is -0.293 e. The fourth-order valence-electron chi connectivity index (χ4n) is 1.95. The number of anilines is 1. The van der Waals surface area contributed by atoms with E-state index in [1.807, 2.05) is 4.90 Å². The second kappa shape index (κ2) is 6.25. The van der Waals surface area contributed by atoms with Gasteiger partial charge in [-0.25, -0.2) is 18.4 Å². The average Bonchev–Trinajstić information content (AvgIpc) is 2.39. The van der Waals surface area contributed by atoms with Crippen molar-refractivity contribution in [3.63, 3.8) is 0 Å². The fraction of sp³-hybridized carbons (Fsp3) is 0.545. The third-order valence-corrected chi connectivity index (χ3v) is 4.29. The van der Waals surface area contributed by atoms with Gasteiger partial charge in [-0.2, -0.15) is 4.31 Å². The van der Waals surface area contributed by atoms with Crippen LogP contribution in [0, 0.1) is 0 Å². The molecular formula is C11H17N5O3S. The lowest BCUT2D eigenvalue weighted by Crippen LogP contribution is -2.50. The SMILES string of the molecule is CS(=O)(=O)N1CCN(CC(=O)Nc2ncccn2)CC1. The molecule has 20 heavy (non-hydrogen) atoms. The first-order valence-electron chi connectivity index (χ1n) is 6.19. The molecule has 110 valence electrons. The predicted octanol–water partition coefficient (Wildman–Crippen LogP) is -1.01. The zero-order valence-corrected chi connectivity index (χ0v) is 12.0. The van der Waals surface area contributed by atoms with Crippen LogP contribution in [-0.4, -0.2) is 72.5 Å². The Labute approximate surface area is 117 Å². The lowest BCUT2D eigenvalue weighted by atomic mass is 10.3. The molecule has 0 aliphatic carbocycles. The molecule has 0 saturated carbocycles. The molecule has 9 heteroatoms. The maximum Gasteiger partial charge on any atom is 0.240 e. The number of sulfonamides is 1. The lowest BCUT2D eigenvalue weighted by Gasteiger charge is -2.32. The number of piperazine rings is 1. The summed E-state index contributed by atoms with van der Waals surface area (Å²) in [7, 11) is -3.14. The monoisotopic (exact) mass is 299 g/mol. The summed E-state index contributed by atoms with van der Waals surface area (Å²) in [5.41, 5.74) is 0. The molecule has 2 rings (SSSR count). The Hall–Kier alpha value is -1.58. The Morgan fingerprint density at radius 2 is 1.85 bits per heavy atom. The van der Waals surface area contributed by atoms with Crippen molar-refractivity contribution in [2.45, 2.75) is 0 Å². The highest BCUT2D eigenvalue weighted by molar-refractivity contribution is 7.88. The van der Waals surface area contributed by atoms with Gasteiger partial charge in [0, 0.05) is 38.6 Å². The van der Waals surface area contributed by atoms with Gasteiger partial charge in [0.1, 0.15) is 0 Å². The van der Waals surface area contributed by atoms with Gasteiger partial charge in [0.15, 0.2) is 0 Å². The largest absolute Gasteiger partial charge is 0.293 e. The van der Waals surface area contributed by atoms with Crippen LogP contribution in [0.15, 0.2) is 18.5 Å². The molecule has 0 unspecified atom stereocenters. The standard InChI is InChI=1S/C11H17N5O3S/c1-20(18,19)16-7-5-15(6-8-16)9-10(17)14-11-12-3-2-4-13-11/h2-4H,5-9H2,1H3,(H,12,13,14,17). The number of rotatable bonds is 4. The topological polar surface area (TPSA) is 95.5 Å². The molecule has 8 nitrogen and oxygen atoms in total.